The molecule has 0 saturated carbocycles. The minimum atomic E-state index is -0.228. The third-order valence-corrected chi connectivity index (χ3v) is 10.1. The molecule has 3 nitrogen and oxygen atoms in total. The van der Waals surface area contributed by atoms with E-state index in [0.717, 1.165) is 17.1 Å². The fourth-order valence-corrected chi connectivity index (χ4v) is 6.66. The van der Waals surface area contributed by atoms with Crippen molar-refractivity contribution < 1.29 is 4.65 Å². The van der Waals surface area contributed by atoms with E-state index in [-0.39, 0.29) is 17.1 Å². The SMILES string of the molecule is CC1c2sc3ccc4ccccc4c3c2C=C(c2ccc(BOC(C)(C)C(C)(C)C)cc2)N1c1ccccc1N. The summed E-state index contributed by atoms with van der Waals surface area (Å²) < 4.78 is 7.70. The minimum Gasteiger partial charge on any atom is -0.429 e. The quantitative estimate of drug-likeness (QED) is 0.178. The second kappa shape index (κ2) is 9.83. The average Bonchev–Trinajstić information content (AvgIpc) is 3.32. The molecular weight excluding hydrogens is 507 g/mol. The fourth-order valence-electron chi connectivity index (χ4n) is 5.42. The first-order valence-electron chi connectivity index (χ1n) is 14.1. The van der Waals surface area contributed by atoms with Gasteiger partial charge >= 0.3 is 7.48 Å². The van der Waals surface area contributed by atoms with E-state index < -0.39 is 0 Å². The number of benzene rings is 4. The first-order valence-corrected chi connectivity index (χ1v) is 14.9. The van der Waals surface area contributed by atoms with Gasteiger partial charge in [0.25, 0.3) is 0 Å². The van der Waals surface area contributed by atoms with Crippen LogP contribution in [0.25, 0.3) is 32.6 Å². The lowest BCUT2D eigenvalue weighted by Crippen LogP contribution is -2.42. The van der Waals surface area contributed by atoms with Gasteiger partial charge in [0.1, 0.15) is 0 Å². The average molecular weight is 545 g/mol. The zero-order valence-electron chi connectivity index (χ0n) is 24.3. The van der Waals surface area contributed by atoms with Crippen LogP contribution >= 0.6 is 11.3 Å². The van der Waals surface area contributed by atoms with Crippen LogP contribution in [0, 0.1) is 5.41 Å². The molecule has 0 spiro atoms. The number of hydrogen-bond acceptors (Lipinski definition) is 4. The third kappa shape index (κ3) is 4.51. The molecule has 1 aliphatic heterocycles. The van der Waals surface area contributed by atoms with E-state index in [9.17, 15) is 0 Å². The van der Waals surface area contributed by atoms with Crippen LogP contribution in [-0.2, 0) is 4.65 Å². The van der Waals surface area contributed by atoms with Gasteiger partial charge in [-0.1, -0.05) is 93.0 Å². The monoisotopic (exact) mass is 544 g/mol. The van der Waals surface area contributed by atoms with Crippen molar-refractivity contribution in [1.82, 2.24) is 0 Å². The third-order valence-electron chi connectivity index (χ3n) is 8.80. The molecule has 6 rings (SSSR count). The van der Waals surface area contributed by atoms with Gasteiger partial charge in [-0.15, -0.1) is 11.3 Å². The van der Waals surface area contributed by atoms with E-state index in [1.54, 1.807) is 0 Å². The molecule has 1 aromatic heterocycles. The maximum absolute atomic E-state index is 6.58. The molecule has 5 aromatic rings. The van der Waals surface area contributed by atoms with Gasteiger partial charge in [-0.25, -0.2) is 0 Å². The standard InChI is InChI=1S/C35H37BN2OS/c1-22-33-27(32-26-12-8-7-11-23(26)17-20-31(32)40-33)21-30(38(22)29-14-10-9-13-28(29)37)24-15-18-25(19-16-24)36-39-35(5,6)34(2,3)4/h7-22,36H,37H2,1-6H3. The van der Waals surface area contributed by atoms with Crippen LogP contribution in [-0.4, -0.2) is 13.1 Å². The largest absolute Gasteiger partial charge is 0.429 e. The zero-order chi connectivity index (χ0) is 28.2. The van der Waals surface area contributed by atoms with E-state index in [0.29, 0.717) is 7.48 Å². The van der Waals surface area contributed by atoms with E-state index in [4.69, 9.17) is 10.4 Å². The van der Waals surface area contributed by atoms with E-state index >= 15 is 0 Å². The van der Waals surface area contributed by atoms with Gasteiger partial charge in [0, 0.05) is 26.2 Å². The van der Waals surface area contributed by atoms with Crippen molar-refractivity contribution in [2.75, 3.05) is 10.6 Å². The second-order valence-corrected chi connectivity index (χ2v) is 13.5. The van der Waals surface area contributed by atoms with Crippen LogP contribution in [0.2, 0.25) is 0 Å². The topological polar surface area (TPSA) is 38.5 Å². The highest BCUT2D eigenvalue weighted by Gasteiger charge is 2.34. The highest BCUT2D eigenvalue weighted by molar-refractivity contribution is 7.19. The lowest BCUT2D eigenvalue weighted by atomic mass is 9.76. The Labute approximate surface area is 242 Å². The maximum atomic E-state index is 6.58. The van der Waals surface area contributed by atoms with Crippen LogP contribution < -0.4 is 16.1 Å². The molecule has 4 aromatic carbocycles. The van der Waals surface area contributed by atoms with Crippen LogP contribution in [0.5, 0.6) is 0 Å². The predicted octanol–water partition coefficient (Wildman–Crippen LogP) is 8.53. The molecule has 0 amide bonds. The summed E-state index contributed by atoms with van der Waals surface area (Å²) >= 11 is 1.89. The Hall–Kier alpha value is -3.54. The normalized spacial score (nSPS) is 15.8. The van der Waals surface area contributed by atoms with E-state index in [2.05, 4.69) is 125 Å². The highest BCUT2D eigenvalue weighted by atomic mass is 32.1. The Balaban J connectivity index is 1.47. The molecule has 0 radical (unpaired) electrons. The summed E-state index contributed by atoms with van der Waals surface area (Å²) in [4.78, 5) is 3.77. The van der Waals surface area contributed by atoms with Gasteiger partial charge in [-0.3, -0.25) is 0 Å². The number of nitrogen functional groups attached to an aromatic ring is 1. The van der Waals surface area contributed by atoms with Crippen molar-refractivity contribution in [3.05, 3.63) is 101 Å². The molecule has 5 heteroatoms. The van der Waals surface area contributed by atoms with Crippen molar-refractivity contribution in [3.63, 3.8) is 0 Å². The first-order chi connectivity index (χ1) is 19.0. The summed E-state index contributed by atoms with van der Waals surface area (Å²) in [5.41, 5.74) is 13.0. The van der Waals surface area contributed by atoms with Crippen LogP contribution in [0.15, 0.2) is 84.9 Å². The van der Waals surface area contributed by atoms with Crippen molar-refractivity contribution in [2.24, 2.45) is 5.41 Å². The molecule has 202 valence electrons. The summed E-state index contributed by atoms with van der Waals surface area (Å²) in [6.07, 6.45) is 2.38. The van der Waals surface area contributed by atoms with Crippen LogP contribution in [0.4, 0.5) is 11.4 Å². The lowest BCUT2D eigenvalue weighted by Gasteiger charge is -2.39. The smallest absolute Gasteiger partial charge is 0.309 e. The summed E-state index contributed by atoms with van der Waals surface area (Å²) in [6, 6.07) is 30.4. The van der Waals surface area contributed by atoms with Gasteiger partial charge in [0.2, 0.25) is 0 Å². The molecule has 0 saturated heterocycles. The molecule has 1 unspecified atom stereocenters. The molecule has 0 fully saturated rings. The summed E-state index contributed by atoms with van der Waals surface area (Å²) in [6.45, 7) is 13.3. The molecule has 2 N–H and O–H groups in total. The summed E-state index contributed by atoms with van der Waals surface area (Å²) in [5.74, 6) is 0. The number of nitrogens with two attached hydrogens (primary N) is 1. The van der Waals surface area contributed by atoms with Gasteiger partial charge in [0.15, 0.2) is 0 Å². The molecule has 0 bridgehead atoms. The van der Waals surface area contributed by atoms with Crippen molar-refractivity contribution in [1.29, 1.82) is 0 Å². The molecule has 2 heterocycles. The summed E-state index contributed by atoms with van der Waals surface area (Å²) in [5, 5.41) is 3.93. The van der Waals surface area contributed by atoms with Gasteiger partial charge in [-0.2, -0.15) is 0 Å². The summed E-state index contributed by atoms with van der Waals surface area (Å²) in [7, 11) is 0.584. The van der Waals surface area contributed by atoms with Gasteiger partial charge in [-0.05, 0) is 66.8 Å². The predicted molar refractivity (Wildman–Crippen MR) is 177 cm³/mol. The Kier molecular flexibility index (Phi) is 6.56. The van der Waals surface area contributed by atoms with Gasteiger partial charge in [0.05, 0.1) is 23.0 Å². The van der Waals surface area contributed by atoms with E-state index in [1.165, 1.54) is 42.3 Å². The van der Waals surface area contributed by atoms with Gasteiger partial charge < -0.3 is 15.3 Å². The van der Waals surface area contributed by atoms with Crippen molar-refractivity contribution >= 4 is 68.3 Å². The minimum absolute atomic E-state index is 0.0529. The van der Waals surface area contributed by atoms with Crippen molar-refractivity contribution in [2.45, 2.75) is 53.2 Å². The van der Waals surface area contributed by atoms with Crippen LogP contribution in [0.1, 0.15) is 63.6 Å². The molecular formula is C35H37BN2OS. The Morgan fingerprint density at radius 3 is 2.27 bits per heavy atom. The molecule has 1 atom stereocenters. The number of nitrogens with zero attached hydrogens (tertiary/aromatic N) is 1. The molecule has 1 aliphatic rings. The number of thiophene rings is 1. The Morgan fingerprint density at radius 1 is 0.850 bits per heavy atom. The van der Waals surface area contributed by atoms with E-state index in [1.807, 2.05) is 23.5 Å². The number of fused-ring (bicyclic) bond motifs is 5. The van der Waals surface area contributed by atoms with Crippen molar-refractivity contribution in [3.8, 4) is 0 Å². The fraction of sp³-hybridized carbons (Fsp3) is 0.257. The lowest BCUT2D eigenvalue weighted by molar-refractivity contribution is 0.00504. The Bertz CT molecular complexity index is 1740. The zero-order valence-corrected chi connectivity index (χ0v) is 25.1. The number of hydrogen-bond donors (Lipinski definition) is 1. The maximum Gasteiger partial charge on any atom is 0.309 e. The van der Waals surface area contributed by atoms with Crippen LogP contribution in [0.3, 0.4) is 0 Å². The number of rotatable bonds is 5. The second-order valence-electron chi connectivity index (χ2n) is 12.4. The number of anilines is 2. The molecule has 0 aliphatic carbocycles. The number of para-hydroxylation sites is 2. The first kappa shape index (κ1) is 26.7. The highest BCUT2D eigenvalue weighted by Crippen LogP contribution is 2.49. The Morgan fingerprint density at radius 2 is 1.55 bits per heavy atom. The molecule has 40 heavy (non-hydrogen) atoms.